The third-order valence-electron chi connectivity index (χ3n) is 6.89. The maximum Gasteiger partial charge on any atom is 0.254 e. The summed E-state index contributed by atoms with van der Waals surface area (Å²) >= 11 is 0. The molecule has 2 aliphatic heterocycles. The highest BCUT2D eigenvalue weighted by molar-refractivity contribution is 7.84. The molecular weight excluding hydrogens is 452 g/mol. The third kappa shape index (κ3) is 6.47. The summed E-state index contributed by atoms with van der Waals surface area (Å²) in [6.45, 7) is 15.4. The molecule has 1 aromatic carbocycles. The first kappa shape index (κ1) is 26.9. The number of nitrogens with two attached hydrogens (primary N) is 1. The number of rotatable bonds is 9. The predicted octanol–water partition coefficient (Wildman–Crippen LogP) is 3.82. The first-order chi connectivity index (χ1) is 15.9. The molecule has 2 N–H and O–H groups in total. The van der Waals surface area contributed by atoms with Crippen molar-refractivity contribution in [3.63, 3.8) is 0 Å². The predicted molar refractivity (Wildman–Crippen MR) is 135 cm³/mol. The monoisotopic (exact) mass is 492 g/mol. The standard InChI is InChI=1S/C26H40N2O5S/c1-7-14-31-22-15-18(2)8-9-20(22)21(16-25(3,4)34(27)30)19-10-12-28(13-11-19)24(29)23-17-32-26(5,6)33-23/h7-9,15,19,21,23H,1,10-14,16-17,27H2,2-6H3/t21-,23-,34?/m1/s1. The molecule has 2 heterocycles. The lowest BCUT2D eigenvalue weighted by molar-refractivity contribution is -0.161. The zero-order chi connectivity index (χ0) is 25.1. The highest BCUT2D eigenvalue weighted by Crippen LogP contribution is 2.43. The molecular formula is C26H40N2O5S. The first-order valence-corrected chi connectivity index (χ1v) is 13.3. The van der Waals surface area contributed by atoms with Crippen LogP contribution in [-0.2, 0) is 25.3 Å². The topological polar surface area (TPSA) is 91.1 Å². The molecule has 0 radical (unpaired) electrons. The molecule has 0 aliphatic carbocycles. The number of amides is 1. The minimum Gasteiger partial charge on any atom is -0.489 e. The van der Waals surface area contributed by atoms with Gasteiger partial charge in [-0.25, -0.2) is 4.21 Å². The van der Waals surface area contributed by atoms with E-state index in [0.29, 0.717) is 32.0 Å². The molecule has 190 valence electrons. The zero-order valence-electron chi connectivity index (χ0n) is 21.2. The molecule has 0 aromatic heterocycles. The molecule has 0 saturated carbocycles. The summed E-state index contributed by atoms with van der Waals surface area (Å²) in [5.41, 5.74) is 2.22. The van der Waals surface area contributed by atoms with Gasteiger partial charge in [-0.3, -0.25) is 9.93 Å². The van der Waals surface area contributed by atoms with Gasteiger partial charge in [-0.05, 0) is 82.9 Å². The number of carbonyl (C=O) groups is 1. The fourth-order valence-corrected chi connectivity index (χ4v) is 5.24. The van der Waals surface area contributed by atoms with Gasteiger partial charge in [-0.15, -0.1) is 0 Å². The van der Waals surface area contributed by atoms with Gasteiger partial charge in [0, 0.05) is 13.1 Å². The Morgan fingerprint density at radius 2 is 2.06 bits per heavy atom. The summed E-state index contributed by atoms with van der Waals surface area (Å²) in [5.74, 6) is 0.513. The zero-order valence-corrected chi connectivity index (χ0v) is 22.0. The molecule has 2 saturated heterocycles. The summed E-state index contributed by atoms with van der Waals surface area (Å²) < 4.78 is 29.2. The van der Waals surface area contributed by atoms with Crippen LogP contribution in [0.4, 0.5) is 0 Å². The van der Waals surface area contributed by atoms with Gasteiger partial charge in [0.25, 0.3) is 5.91 Å². The molecule has 2 aliphatic rings. The quantitative estimate of drug-likeness (QED) is 0.529. The van der Waals surface area contributed by atoms with E-state index in [2.05, 4.69) is 24.8 Å². The maximum atomic E-state index is 13.0. The Balaban J connectivity index is 1.80. The van der Waals surface area contributed by atoms with Crippen LogP contribution in [0.25, 0.3) is 0 Å². The minimum absolute atomic E-state index is 0.00527. The molecule has 2 fully saturated rings. The van der Waals surface area contributed by atoms with E-state index in [1.54, 1.807) is 6.08 Å². The first-order valence-electron chi connectivity index (χ1n) is 12.0. The lowest BCUT2D eigenvalue weighted by atomic mass is 9.75. The van der Waals surface area contributed by atoms with Gasteiger partial charge >= 0.3 is 0 Å². The third-order valence-corrected chi connectivity index (χ3v) is 8.14. The van der Waals surface area contributed by atoms with E-state index in [9.17, 15) is 9.00 Å². The van der Waals surface area contributed by atoms with Gasteiger partial charge in [0.2, 0.25) is 0 Å². The van der Waals surface area contributed by atoms with Crippen molar-refractivity contribution < 1.29 is 23.2 Å². The Kier molecular flexibility index (Phi) is 8.61. The van der Waals surface area contributed by atoms with Crippen LogP contribution in [0, 0.1) is 12.8 Å². The van der Waals surface area contributed by atoms with Crippen LogP contribution in [0.1, 0.15) is 64.0 Å². The molecule has 1 aromatic rings. The largest absolute Gasteiger partial charge is 0.489 e. The van der Waals surface area contributed by atoms with E-state index in [1.165, 1.54) is 0 Å². The summed E-state index contributed by atoms with van der Waals surface area (Å²) in [5, 5.41) is 5.87. The van der Waals surface area contributed by atoms with Crippen LogP contribution in [-0.4, -0.2) is 58.0 Å². The van der Waals surface area contributed by atoms with Gasteiger partial charge in [-0.2, -0.15) is 0 Å². The van der Waals surface area contributed by atoms with Crippen molar-refractivity contribution in [2.45, 2.75) is 76.4 Å². The highest BCUT2D eigenvalue weighted by Gasteiger charge is 2.41. The second-order valence-corrected chi connectivity index (χ2v) is 12.2. The number of nitrogens with zero attached hydrogens (tertiary/aromatic N) is 1. The summed E-state index contributed by atoms with van der Waals surface area (Å²) in [6, 6.07) is 6.26. The molecule has 0 bridgehead atoms. The molecule has 34 heavy (non-hydrogen) atoms. The molecule has 3 rings (SSSR count). The van der Waals surface area contributed by atoms with E-state index in [4.69, 9.17) is 19.3 Å². The average Bonchev–Trinajstić information content (AvgIpc) is 3.15. The van der Waals surface area contributed by atoms with Crippen LogP contribution < -0.4 is 9.88 Å². The van der Waals surface area contributed by atoms with E-state index in [0.717, 1.165) is 29.7 Å². The highest BCUT2D eigenvalue weighted by atomic mass is 32.2. The van der Waals surface area contributed by atoms with Gasteiger partial charge in [0.1, 0.15) is 12.4 Å². The summed E-state index contributed by atoms with van der Waals surface area (Å²) in [7, 11) is -1.47. The minimum atomic E-state index is -1.47. The van der Waals surface area contributed by atoms with E-state index in [-0.39, 0.29) is 18.4 Å². The van der Waals surface area contributed by atoms with Crippen LogP contribution in [0.3, 0.4) is 0 Å². The number of piperidine rings is 1. The van der Waals surface area contributed by atoms with Crippen molar-refractivity contribution in [2.75, 3.05) is 26.3 Å². The lowest BCUT2D eigenvalue weighted by Crippen LogP contribution is -2.46. The van der Waals surface area contributed by atoms with Crippen molar-refractivity contribution in [3.05, 3.63) is 42.0 Å². The van der Waals surface area contributed by atoms with Crippen LogP contribution in [0.15, 0.2) is 30.9 Å². The van der Waals surface area contributed by atoms with Crippen LogP contribution >= 0.6 is 0 Å². The van der Waals surface area contributed by atoms with Crippen molar-refractivity contribution in [1.82, 2.24) is 4.90 Å². The number of benzene rings is 1. The van der Waals surface area contributed by atoms with Gasteiger partial charge in [0.05, 0.1) is 22.3 Å². The fourth-order valence-electron chi connectivity index (χ4n) is 4.90. The van der Waals surface area contributed by atoms with Gasteiger partial charge < -0.3 is 19.1 Å². The lowest BCUT2D eigenvalue weighted by Gasteiger charge is -2.39. The smallest absolute Gasteiger partial charge is 0.254 e. The van der Waals surface area contributed by atoms with Crippen molar-refractivity contribution in [1.29, 1.82) is 0 Å². The number of likely N-dealkylation sites (tertiary alicyclic amines) is 1. The van der Waals surface area contributed by atoms with Crippen molar-refractivity contribution in [2.24, 2.45) is 11.1 Å². The molecule has 8 heteroatoms. The second kappa shape index (κ2) is 10.9. The second-order valence-electron chi connectivity index (χ2n) is 10.5. The maximum absolute atomic E-state index is 13.0. The number of carbonyl (C=O) groups excluding carboxylic acids is 1. The SMILES string of the molecule is C=CCOc1cc(C)ccc1[C@H](CC(C)(C)S(N)=O)C1CCN(C(=O)[C@H]2COC(C)(C)O2)CC1. The molecule has 1 amide bonds. The Morgan fingerprint density at radius 3 is 2.62 bits per heavy atom. The number of aryl methyl sites for hydroxylation is 1. The van der Waals surface area contributed by atoms with E-state index < -0.39 is 27.6 Å². The number of ether oxygens (including phenoxy) is 3. The molecule has 1 unspecified atom stereocenters. The van der Waals surface area contributed by atoms with E-state index in [1.807, 2.05) is 39.5 Å². The average molecular weight is 493 g/mol. The van der Waals surface area contributed by atoms with Gasteiger partial charge in [0.15, 0.2) is 11.9 Å². The molecule has 7 nitrogen and oxygen atoms in total. The van der Waals surface area contributed by atoms with Crippen LogP contribution in [0.2, 0.25) is 0 Å². The normalized spacial score (nSPS) is 22.9. The number of hydrogen-bond acceptors (Lipinski definition) is 5. The fraction of sp³-hybridized carbons (Fsp3) is 0.654. The van der Waals surface area contributed by atoms with Gasteiger partial charge in [-0.1, -0.05) is 24.8 Å². The van der Waals surface area contributed by atoms with Crippen molar-refractivity contribution >= 4 is 16.9 Å². The Labute approximate surface area is 206 Å². The Hall–Kier alpha value is -1.74. The molecule has 0 spiro atoms. The number of hydrogen-bond donors (Lipinski definition) is 1. The molecule has 3 atom stereocenters. The Bertz CT molecular complexity index is 908. The van der Waals surface area contributed by atoms with Crippen molar-refractivity contribution in [3.8, 4) is 5.75 Å². The Morgan fingerprint density at radius 1 is 1.38 bits per heavy atom. The summed E-state index contributed by atoms with van der Waals surface area (Å²) in [6.07, 6.45) is 3.54. The summed E-state index contributed by atoms with van der Waals surface area (Å²) in [4.78, 5) is 14.9. The van der Waals surface area contributed by atoms with E-state index >= 15 is 0 Å². The van der Waals surface area contributed by atoms with Crippen LogP contribution in [0.5, 0.6) is 5.75 Å².